The van der Waals surface area contributed by atoms with Crippen LogP contribution in [0.4, 0.5) is 0 Å². The van der Waals surface area contributed by atoms with Gasteiger partial charge in [0.2, 0.25) is 5.88 Å². The van der Waals surface area contributed by atoms with Crippen molar-refractivity contribution in [3.8, 4) is 0 Å². The number of carbonyl (C=O) groups is 1. The molecule has 0 rings (SSSR count). The van der Waals surface area contributed by atoms with Crippen molar-refractivity contribution in [1.29, 1.82) is 0 Å². The fraction of sp³-hybridized carbons (Fsp3) is 0.333. The van der Waals surface area contributed by atoms with E-state index in [1.54, 1.807) is 7.05 Å². The van der Waals surface area contributed by atoms with E-state index < -0.39 is 5.97 Å². The van der Waals surface area contributed by atoms with E-state index >= 15 is 0 Å². The van der Waals surface area contributed by atoms with Gasteiger partial charge in [0, 0.05) is 0 Å². The molecule has 0 aliphatic heterocycles. The van der Waals surface area contributed by atoms with Gasteiger partial charge in [-0.1, -0.05) is 0 Å². The molecule has 11 heavy (non-hydrogen) atoms. The smallest absolute Gasteiger partial charge is 0.347 e. The molecular formula is C6H11N2O3+. The van der Waals surface area contributed by atoms with Crippen molar-refractivity contribution in [3.63, 3.8) is 0 Å². The summed E-state index contributed by atoms with van der Waals surface area (Å²) in [6.45, 7) is 0. The van der Waals surface area contributed by atoms with Gasteiger partial charge in [0.15, 0.2) is 11.8 Å². The minimum atomic E-state index is -1.13. The standard InChI is InChI=1S/C6H10N2O3/c1-8-3-4(6(9)10)5(7)11-2/h3H,7H2,1-2H3,(H,9,10)/p+1. The van der Waals surface area contributed by atoms with Crippen LogP contribution in [0, 0.1) is 0 Å². The van der Waals surface area contributed by atoms with Crippen molar-refractivity contribution in [3.05, 3.63) is 11.5 Å². The number of methoxy groups -OCH3 is 1. The lowest BCUT2D eigenvalue weighted by atomic mass is 10.3. The van der Waals surface area contributed by atoms with Gasteiger partial charge < -0.3 is 15.6 Å². The summed E-state index contributed by atoms with van der Waals surface area (Å²) < 4.78 is 4.53. The fourth-order valence-corrected chi connectivity index (χ4v) is 0.493. The number of nitrogens with two attached hydrogens (primary N) is 1. The number of aliphatic carboxylic acids is 1. The number of ether oxygens (including phenoxy) is 1. The van der Waals surface area contributed by atoms with E-state index in [1.165, 1.54) is 13.3 Å². The Morgan fingerprint density at radius 2 is 2.27 bits per heavy atom. The first-order valence-electron chi connectivity index (χ1n) is 2.91. The van der Waals surface area contributed by atoms with E-state index in [9.17, 15) is 4.79 Å². The third-order valence-corrected chi connectivity index (χ3v) is 1.00. The second-order valence-corrected chi connectivity index (χ2v) is 1.72. The first-order valence-corrected chi connectivity index (χ1v) is 2.91. The van der Waals surface area contributed by atoms with Crippen LogP contribution in [0.2, 0.25) is 0 Å². The maximum absolute atomic E-state index is 10.4. The summed E-state index contributed by atoms with van der Waals surface area (Å²) in [7, 11) is 2.88. The van der Waals surface area contributed by atoms with Gasteiger partial charge in [0.05, 0.1) is 7.11 Å². The predicted octanol–water partition coefficient (Wildman–Crippen LogP) is -2.33. The number of hydrogen-bond donors (Lipinski definition) is 3. The summed E-state index contributed by atoms with van der Waals surface area (Å²) in [5.41, 5.74) is 5.12. The summed E-state index contributed by atoms with van der Waals surface area (Å²) in [4.78, 5) is 12.9. The zero-order valence-corrected chi connectivity index (χ0v) is 6.42. The van der Waals surface area contributed by atoms with Crippen LogP contribution in [0.5, 0.6) is 0 Å². The van der Waals surface area contributed by atoms with Crippen LogP contribution < -0.4 is 10.7 Å². The summed E-state index contributed by atoms with van der Waals surface area (Å²) in [6, 6.07) is 0. The lowest BCUT2D eigenvalue weighted by Gasteiger charge is -1.98. The molecular weight excluding hydrogens is 148 g/mol. The number of carboxylic acids is 1. The van der Waals surface area contributed by atoms with Gasteiger partial charge in [-0.3, -0.25) is 0 Å². The number of nitrogens with one attached hydrogen (secondary N) is 1. The highest BCUT2D eigenvalue weighted by molar-refractivity contribution is 6.07. The van der Waals surface area contributed by atoms with Gasteiger partial charge in [-0.05, 0) is 0 Å². The highest BCUT2D eigenvalue weighted by Gasteiger charge is 2.12. The molecule has 62 valence electrons. The molecule has 0 aromatic rings. The summed E-state index contributed by atoms with van der Waals surface area (Å²) in [5.74, 6) is -1.24. The summed E-state index contributed by atoms with van der Waals surface area (Å²) >= 11 is 0. The molecule has 0 heterocycles. The molecule has 0 atom stereocenters. The minimum absolute atomic E-state index is 0.0880. The number of rotatable bonds is 3. The quantitative estimate of drug-likeness (QED) is 0.245. The molecule has 0 amide bonds. The van der Waals surface area contributed by atoms with Crippen molar-refractivity contribution in [1.82, 2.24) is 0 Å². The SMILES string of the molecule is C[NH+]=CC(C(=O)O)=C(N)OC. The molecule has 5 nitrogen and oxygen atoms in total. The summed E-state index contributed by atoms with van der Waals surface area (Å²) in [6.07, 6.45) is 1.25. The van der Waals surface area contributed by atoms with Gasteiger partial charge in [0.1, 0.15) is 7.05 Å². The van der Waals surface area contributed by atoms with Crippen molar-refractivity contribution in [2.75, 3.05) is 14.2 Å². The molecule has 0 aromatic heterocycles. The third-order valence-electron chi connectivity index (χ3n) is 1.00. The van der Waals surface area contributed by atoms with Crippen molar-refractivity contribution >= 4 is 12.2 Å². The second-order valence-electron chi connectivity index (χ2n) is 1.72. The lowest BCUT2D eigenvalue weighted by molar-refractivity contribution is -0.413. The van der Waals surface area contributed by atoms with E-state index in [2.05, 4.69) is 9.73 Å². The zero-order chi connectivity index (χ0) is 8.85. The monoisotopic (exact) mass is 159 g/mol. The minimum Gasteiger partial charge on any atom is -0.482 e. The molecule has 0 radical (unpaired) electrons. The third kappa shape index (κ3) is 2.70. The first-order chi connectivity index (χ1) is 5.13. The molecule has 0 saturated heterocycles. The van der Waals surface area contributed by atoms with Gasteiger partial charge in [-0.25, -0.2) is 9.79 Å². The molecule has 0 unspecified atom stereocenters. The van der Waals surface area contributed by atoms with E-state index in [0.29, 0.717) is 0 Å². The molecule has 0 fully saturated rings. The van der Waals surface area contributed by atoms with Crippen LogP contribution in [0.25, 0.3) is 0 Å². The highest BCUT2D eigenvalue weighted by atomic mass is 16.5. The Labute approximate surface area is 64.2 Å². The van der Waals surface area contributed by atoms with E-state index in [-0.39, 0.29) is 11.5 Å². The van der Waals surface area contributed by atoms with Crippen LogP contribution in [-0.2, 0) is 9.53 Å². The highest BCUT2D eigenvalue weighted by Crippen LogP contribution is 1.94. The van der Waals surface area contributed by atoms with Crippen LogP contribution >= 0.6 is 0 Å². The Kier molecular flexibility index (Phi) is 3.72. The van der Waals surface area contributed by atoms with Crippen LogP contribution in [0.15, 0.2) is 11.5 Å². The van der Waals surface area contributed by atoms with Crippen molar-refractivity contribution in [2.24, 2.45) is 5.73 Å². The van der Waals surface area contributed by atoms with Crippen LogP contribution in [-0.4, -0.2) is 31.4 Å². The molecule has 0 aromatic carbocycles. The summed E-state index contributed by atoms with van der Waals surface area (Å²) in [5, 5.41) is 8.52. The molecule has 4 N–H and O–H groups in total. The van der Waals surface area contributed by atoms with Gasteiger partial charge in [0.25, 0.3) is 0 Å². The van der Waals surface area contributed by atoms with Crippen molar-refractivity contribution in [2.45, 2.75) is 0 Å². The largest absolute Gasteiger partial charge is 0.482 e. The topological polar surface area (TPSA) is 86.5 Å². The Morgan fingerprint density at radius 1 is 1.73 bits per heavy atom. The molecule has 0 saturated carbocycles. The van der Waals surface area contributed by atoms with Gasteiger partial charge in [-0.15, -0.1) is 0 Å². The average molecular weight is 159 g/mol. The molecule has 5 heteroatoms. The molecule has 0 aliphatic carbocycles. The Hall–Kier alpha value is -1.52. The maximum atomic E-state index is 10.4. The Balaban J connectivity index is 4.72. The van der Waals surface area contributed by atoms with Gasteiger partial charge in [-0.2, -0.15) is 0 Å². The molecule has 0 aliphatic rings. The van der Waals surface area contributed by atoms with Crippen molar-refractivity contribution < 1.29 is 19.6 Å². The fourth-order valence-electron chi connectivity index (χ4n) is 0.493. The number of carboxylic acid groups (broad SMARTS) is 1. The normalized spacial score (nSPS) is 12.9. The molecule has 0 spiro atoms. The van der Waals surface area contributed by atoms with Gasteiger partial charge >= 0.3 is 5.97 Å². The first kappa shape index (κ1) is 9.48. The van der Waals surface area contributed by atoms with Crippen LogP contribution in [0.3, 0.4) is 0 Å². The lowest BCUT2D eigenvalue weighted by Crippen LogP contribution is -2.63. The Bertz CT molecular complexity index is 208. The van der Waals surface area contributed by atoms with E-state index in [4.69, 9.17) is 10.8 Å². The van der Waals surface area contributed by atoms with E-state index in [1.807, 2.05) is 0 Å². The second kappa shape index (κ2) is 4.32. The van der Waals surface area contributed by atoms with E-state index in [0.717, 1.165) is 0 Å². The number of hydrogen-bond acceptors (Lipinski definition) is 3. The average Bonchev–Trinajstić information content (AvgIpc) is 1.98. The van der Waals surface area contributed by atoms with Crippen LogP contribution in [0.1, 0.15) is 0 Å². The molecule has 0 bridgehead atoms. The predicted molar refractivity (Wildman–Crippen MR) is 38.8 cm³/mol. The zero-order valence-electron chi connectivity index (χ0n) is 6.42. The maximum Gasteiger partial charge on any atom is 0.347 e. The Morgan fingerprint density at radius 3 is 2.55 bits per heavy atom.